The van der Waals surface area contributed by atoms with Gasteiger partial charge in [0.1, 0.15) is 5.84 Å². The average Bonchev–Trinajstić information content (AvgIpc) is 2.48. The Hall–Kier alpha value is -1.40. The molecule has 1 heterocycles. The van der Waals surface area contributed by atoms with Crippen LogP contribution in [0.3, 0.4) is 0 Å². The van der Waals surface area contributed by atoms with Gasteiger partial charge in [-0.05, 0) is 43.4 Å². The second kappa shape index (κ2) is 6.61. The minimum absolute atomic E-state index is 0.217. The fraction of sp³-hybridized carbons (Fsp3) is 0.529. The summed E-state index contributed by atoms with van der Waals surface area (Å²) in [5, 5.41) is 20.8. The molecule has 0 atom stereocenters. The summed E-state index contributed by atoms with van der Waals surface area (Å²) in [5.74, 6) is 0.294. The van der Waals surface area contributed by atoms with E-state index in [1.807, 2.05) is 24.3 Å². The van der Waals surface area contributed by atoms with Crippen LogP contribution in [0.2, 0.25) is 0 Å². The molecule has 124 valence electrons. The molecule has 1 aliphatic carbocycles. The first-order valence-electron chi connectivity index (χ1n) is 8.10. The Balaban J connectivity index is 1.68. The van der Waals surface area contributed by atoms with E-state index >= 15 is 0 Å². The van der Waals surface area contributed by atoms with Crippen LogP contribution in [-0.4, -0.2) is 41.1 Å². The quantitative estimate of drug-likeness (QED) is 0.545. The number of aliphatic hydroxyl groups is 1. The number of amidine groups is 1. The fourth-order valence-electron chi connectivity index (χ4n) is 3.36. The molecule has 0 spiro atoms. The van der Waals surface area contributed by atoms with Crippen molar-refractivity contribution >= 4 is 27.8 Å². The van der Waals surface area contributed by atoms with Crippen molar-refractivity contribution in [3.8, 4) is 0 Å². The van der Waals surface area contributed by atoms with Gasteiger partial charge in [-0.3, -0.25) is 10.7 Å². The molecular formula is C17H22BrN3O2. The van der Waals surface area contributed by atoms with E-state index in [4.69, 9.17) is 5.41 Å². The molecule has 1 aromatic carbocycles. The number of aliphatic hydroxyl groups excluding tert-OH is 1. The number of carbonyl (C=O) groups is 1. The number of likely N-dealkylation sites (tertiary alicyclic amines) is 1. The van der Waals surface area contributed by atoms with E-state index in [9.17, 15) is 9.90 Å². The molecule has 5 nitrogen and oxygen atoms in total. The Morgan fingerprint density at radius 2 is 1.87 bits per heavy atom. The lowest BCUT2D eigenvalue weighted by molar-refractivity contribution is 0.0947. The molecule has 1 saturated carbocycles. The van der Waals surface area contributed by atoms with Gasteiger partial charge in [0.15, 0.2) is 0 Å². The maximum atomic E-state index is 12.4. The third-order valence-electron chi connectivity index (χ3n) is 5.07. The van der Waals surface area contributed by atoms with Gasteiger partial charge in [0, 0.05) is 17.6 Å². The molecule has 23 heavy (non-hydrogen) atoms. The molecule has 2 aliphatic rings. The zero-order valence-electron chi connectivity index (χ0n) is 13.0. The van der Waals surface area contributed by atoms with Crippen molar-refractivity contribution in [1.82, 2.24) is 10.2 Å². The Morgan fingerprint density at radius 3 is 2.39 bits per heavy atom. The topological polar surface area (TPSA) is 76.4 Å². The van der Waals surface area contributed by atoms with Gasteiger partial charge < -0.3 is 10.0 Å². The van der Waals surface area contributed by atoms with Gasteiger partial charge >= 0.3 is 6.03 Å². The first-order valence-corrected chi connectivity index (χ1v) is 8.90. The van der Waals surface area contributed by atoms with Crippen molar-refractivity contribution in [1.29, 1.82) is 5.41 Å². The number of carbonyl (C=O) groups excluding carboxylic acids is 1. The van der Waals surface area contributed by atoms with E-state index in [2.05, 4.69) is 21.2 Å². The van der Waals surface area contributed by atoms with Crippen LogP contribution < -0.4 is 5.32 Å². The van der Waals surface area contributed by atoms with E-state index < -0.39 is 0 Å². The minimum Gasteiger partial charge on any atom is -0.393 e. The number of rotatable bonds is 2. The average molecular weight is 380 g/mol. The largest absolute Gasteiger partial charge is 0.393 e. The molecule has 3 N–H and O–H groups in total. The van der Waals surface area contributed by atoms with Crippen molar-refractivity contribution in [2.75, 3.05) is 13.1 Å². The SMILES string of the molecule is N=C(NC(=O)N1CCC(O)CC1)C1(c2ccc(Br)cc2)CCC1. The highest BCUT2D eigenvalue weighted by atomic mass is 79.9. The van der Waals surface area contributed by atoms with Gasteiger partial charge in [-0.25, -0.2) is 4.79 Å². The molecule has 2 fully saturated rings. The molecule has 3 rings (SSSR count). The molecule has 1 aliphatic heterocycles. The predicted octanol–water partition coefficient (Wildman–Crippen LogP) is 3.01. The number of hydrogen-bond acceptors (Lipinski definition) is 3. The Bertz CT molecular complexity index is 590. The smallest absolute Gasteiger partial charge is 0.322 e. The maximum Gasteiger partial charge on any atom is 0.322 e. The highest BCUT2D eigenvalue weighted by Gasteiger charge is 2.43. The summed E-state index contributed by atoms with van der Waals surface area (Å²) < 4.78 is 1.01. The second-order valence-electron chi connectivity index (χ2n) is 6.47. The van der Waals surface area contributed by atoms with Crippen LogP contribution in [0.1, 0.15) is 37.7 Å². The van der Waals surface area contributed by atoms with Crippen molar-refractivity contribution in [2.24, 2.45) is 0 Å². The van der Waals surface area contributed by atoms with Crippen LogP contribution in [0, 0.1) is 5.41 Å². The standard InChI is InChI=1S/C17H22BrN3O2/c18-13-4-2-12(3-5-13)17(8-1-9-17)15(19)20-16(23)21-10-6-14(22)7-11-21/h2-5,14,22H,1,6-11H2,(H2,19,20,23). The van der Waals surface area contributed by atoms with Crippen LogP contribution >= 0.6 is 15.9 Å². The summed E-state index contributed by atoms with van der Waals surface area (Å²) in [6.07, 6.45) is 3.78. The van der Waals surface area contributed by atoms with Crippen LogP contribution in [0.25, 0.3) is 0 Å². The molecular weight excluding hydrogens is 358 g/mol. The van der Waals surface area contributed by atoms with Crippen LogP contribution in [0.5, 0.6) is 0 Å². The molecule has 0 bridgehead atoms. The van der Waals surface area contributed by atoms with Gasteiger partial charge in [0.2, 0.25) is 0 Å². The lowest BCUT2D eigenvalue weighted by atomic mass is 9.63. The first kappa shape index (κ1) is 16.5. The fourth-order valence-corrected chi connectivity index (χ4v) is 3.62. The van der Waals surface area contributed by atoms with Crippen molar-refractivity contribution in [3.05, 3.63) is 34.3 Å². The minimum atomic E-state index is -0.355. The third kappa shape index (κ3) is 3.28. The van der Waals surface area contributed by atoms with E-state index in [1.54, 1.807) is 4.90 Å². The van der Waals surface area contributed by atoms with Crippen LogP contribution in [0.4, 0.5) is 4.79 Å². The first-order chi connectivity index (χ1) is 11.0. The second-order valence-corrected chi connectivity index (χ2v) is 7.38. The molecule has 0 unspecified atom stereocenters. The zero-order valence-corrected chi connectivity index (χ0v) is 14.6. The number of nitrogens with one attached hydrogen (secondary N) is 2. The Labute approximate surface area is 144 Å². The summed E-state index contributed by atoms with van der Waals surface area (Å²) >= 11 is 3.44. The van der Waals surface area contributed by atoms with Gasteiger partial charge in [0.25, 0.3) is 0 Å². The molecule has 2 amide bonds. The van der Waals surface area contributed by atoms with Gasteiger partial charge in [-0.15, -0.1) is 0 Å². The zero-order chi connectivity index (χ0) is 16.4. The number of hydrogen-bond donors (Lipinski definition) is 3. The molecule has 0 radical (unpaired) electrons. The highest BCUT2D eigenvalue weighted by Crippen LogP contribution is 2.44. The predicted molar refractivity (Wildman–Crippen MR) is 92.7 cm³/mol. The van der Waals surface area contributed by atoms with Crippen molar-refractivity contribution in [2.45, 2.75) is 43.6 Å². The number of benzene rings is 1. The van der Waals surface area contributed by atoms with Crippen molar-refractivity contribution in [3.63, 3.8) is 0 Å². The Morgan fingerprint density at radius 1 is 1.26 bits per heavy atom. The molecule has 0 aromatic heterocycles. The lowest BCUT2D eigenvalue weighted by Crippen LogP contribution is -2.54. The monoisotopic (exact) mass is 379 g/mol. The Kier molecular flexibility index (Phi) is 4.73. The molecule has 6 heteroatoms. The highest BCUT2D eigenvalue weighted by molar-refractivity contribution is 9.10. The van der Waals surface area contributed by atoms with Gasteiger partial charge in [-0.2, -0.15) is 0 Å². The number of halogens is 1. The van der Waals surface area contributed by atoms with E-state index in [-0.39, 0.29) is 17.6 Å². The molecule has 1 saturated heterocycles. The summed E-state index contributed by atoms with van der Waals surface area (Å²) in [4.78, 5) is 14.1. The summed E-state index contributed by atoms with van der Waals surface area (Å²) in [5.41, 5.74) is 0.734. The van der Waals surface area contributed by atoms with Gasteiger partial charge in [-0.1, -0.05) is 34.5 Å². The van der Waals surface area contributed by atoms with E-state index in [0.717, 1.165) is 29.3 Å². The normalized spacial score (nSPS) is 20.7. The van der Waals surface area contributed by atoms with Crippen LogP contribution in [0.15, 0.2) is 28.7 Å². The van der Waals surface area contributed by atoms with Gasteiger partial charge in [0.05, 0.1) is 11.5 Å². The van der Waals surface area contributed by atoms with Crippen molar-refractivity contribution < 1.29 is 9.90 Å². The van der Waals surface area contributed by atoms with E-state index in [1.165, 1.54) is 0 Å². The number of piperidine rings is 1. The third-order valence-corrected chi connectivity index (χ3v) is 5.59. The molecule has 1 aromatic rings. The maximum absolute atomic E-state index is 12.4. The number of urea groups is 1. The van der Waals surface area contributed by atoms with Crippen LogP contribution in [-0.2, 0) is 5.41 Å². The summed E-state index contributed by atoms with van der Waals surface area (Å²) in [7, 11) is 0. The number of nitrogens with zero attached hydrogens (tertiary/aromatic N) is 1. The lowest BCUT2D eigenvalue weighted by Gasteiger charge is -2.43. The van der Waals surface area contributed by atoms with E-state index in [0.29, 0.717) is 31.8 Å². The summed E-state index contributed by atoms with van der Waals surface area (Å²) in [6, 6.07) is 7.81. The number of amides is 2. The summed E-state index contributed by atoms with van der Waals surface area (Å²) in [6.45, 7) is 1.09.